The third-order valence-corrected chi connectivity index (χ3v) is 4.47. The molecule has 0 unspecified atom stereocenters. The van der Waals surface area contributed by atoms with E-state index in [-0.39, 0.29) is 27.9 Å². The van der Waals surface area contributed by atoms with Crippen molar-refractivity contribution in [3.63, 3.8) is 0 Å². The van der Waals surface area contributed by atoms with Gasteiger partial charge in [-0.25, -0.2) is 4.39 Å². The van der Waals surface area contributed by atoms with E-state index in [0.29, 0.717) is 12.1 Å². The molecule has 1 amide bonds. The maximum Gasteiger partial charge on any atom is 0.435 e. The second-order valence-corrected chi connectivity index (χ2v) is 6.73. The minimum Gasteiger partial charge on any atom is -0.321 e. The number of amides is 1. The fraction of sp³-hybridized carbons (Fsp3) is 0.263. The molecule has 0 fully saturated rings. The first kappa shape index (κ1) is 24.6. The summed E-state index contributed by atoms with van der Waals surface area (Å²) in [6.45, 7) is 2.10. The van der Waals surface area contributed by atoms with Gasteiger partial charge in [0.25, 0.3) is 11.6 Å². The third-order valence-electron chi connectivity index (χ3n) is 4.47. The number of carbonyl (C=O) groups is 1. The number of nitro benzene ring substituents is 1. The molecule has 170 valence electrons. The van der Waals surface area contributed by atoms with E-state index in [0.717, 1.165) is 32.0 Å². The van der Waals surface area contributed by atoms with Crippen LogP contribution in [0.2, 0.25) is 0 Å². The zero-order valence-corrected chi connectivity index (χ0v) is 16.2. The van der Waals surface area contributed by atoms with Gasteiger partial charge in [0.05, 0.1) is 16.6 Å². The Balaban J connectivity index is 2.53. The van der Waals surface area contributed by atoms with Crippen LogP contribution in [0.1, 0.15) is 32.6 Å². The van der Waals surface area contributed by atoms with Crippen LogP contribution in [0.3, 0.4) is 0 Å². The lowest BCUT2D eigenvalue weighted by Gasteiger charge is -2.31. The molecule has 0 atom stereocenters. The SMILES string of the molecule is Cc1cc(C(F)(C(F)(F)F)C(F)(F)F)cc(C)c1NC(=O)c1cc(C#N)cc([N+](=O)[O-])c1. The van der Waals surface area contributed by atoms with Crippen LogP contribution in [0, 0.1) is 35.3 Å². The van der Waals surface area contributed by atoms with Crippen molar-refractivity contribution in [1.29, 1.82) is 5.26 Å². The fourth-order valence-corrected chi connectivity index (χ4v) is 2.95. The summed E-state index contributed by atoms with van der Waals surface area (Å²) in [4.78, 5) is 22.6. The van der Waals surface area contributed by atoms with Crippen molar-refractivity contribution in [2.45, 2.75) is 31.9 Å². The van der Waals surface area contributed by atoms with E-state index in [9.17, 15) is 45.6 Å². The number of hydrogen-bond donors (Lipinski definition) is 1. The molecule has 0 aromatic heterocycles. The Morgan fingerprint density at radius 3 is 1.88 bits per heavy atom. The van der Waals surface area contributed by atoms with E-state index in [2.05, 4.69) is 5.32 Å². The van der Waals surface area contributed by atoms with Crippen molar-refractivity contribution in [1.82, 2.24) is 0 Å². The summed E-state index contributed by atoms with van der Waals surface area (Å²) in [6, 6.07) is 4.95. The van der Waals surface area contributed by atoms with E-state index in [4.69, 9.17) is 5.26 Å². The van der Waals surface area contributed by atoms with Crippen molar-refractivity contribution in [3.8, 4) is 6.07 Å². The molecule has 2 aromatic carbocycles. The lowest BCUT2D eigenvalue weighted by molar-refractivity contribution is -0.384. The van der Waals surface area contributed by atoms with Gasteiger partial charge in [-0.05, 0) is 31.0 Å². The van der Waals surface area contributed by atoms with Gasteiger partial charge >= 0.3 is 18.0 Å². The number of nitriles is 1. The first-order chi connectivity index (χ1) is 14.5. The van der Waals surface area contributed by atoms with E-state index >= 15 is 0 Å². The number of nitro groups is 1. The number of benzene rings is 2. The number of hydrogen-bond acceptors (Lipinski definition) is 4. The predicted molar refractivity (Wildman–Crippen MR) is 96.6 cm³/mol. The van der Waals surface area contributed by atoms with Crippen LogP contribution in [0.5, 0.6) is 0 Å². The van der Waals surface area contributed by atoms with Gasteiger partial charge in [0.1, 0.15) is 0 Å². The van der Waals surface area contributed by atoms with Crippen LogP contribution in [0.15, 0.2) is 30.3 Å². The highest BCUT2D eigenvalue weighted by molar-refractivity contribution is 6.05. The van der Waals surface area contributed by atoms with Crippen molar-refractivity contribution in [2.75, 3.05) is 5.32 Å². The van der Waals surface area contributed by atoms with Crippen LogP contribution in [0.25, 0.3) is 0 Å². The highest BCUT2D eigenvalue weighted by Crippen LogP contribution is 2.53. The minimum absolute atomic E-state index is 0.226. The summed E-state index contributed by atoms with van der Waals surface area (Å²) in [6.07, 6.45) is -12.6. The molecule has 32 heavy (non-hydrogen) atoms. The number of anilines is 1. The van der Waals surface area contributed by atoms with Gasteiger partial charge in [-0.1, -0.05) is 12.1 Å². The Bertz CT molecular complexity index is 1100. The maximum absolute atomic E-state index is 14.3. The molecular formula is C19H12F7N3O3. The van der Waals surface area contributed by atoms with E-state index < -0.39 is 40.1 Å². The topological polar surface area (TPSA) is 96.0 Å². The summed E-state index contributed by atoms with van der Waals surface area (Å²) < 4.78 is 92.4. The Labute approximate surface area is 175 Å². The van der Waals surface area contributed by atoms with Gasteiger partial charge in [-0.3, -0.25) is 14.9 Å². The summed E-state index contributed by atoms with van der Waals surface area (Å²) in [7, 11) is 0. The van der Waals surface area contributed by atoms with Crippen molar-refractivity contribution >= 4 is 17.3 Å². The predicted octanol–water partition coefficient (Wildman–Crippen LogP) is 5.63. The average molecular weight is 463 g/mol. The molecule has 13 heteroatoms. The molecule has 0 radical (unpaired) electrons. The summed E-state index contributed by atoms with van der Waals surface area (Å²) in [5.74, 6) is -1.03. The van der Waals surface area contributed by atoms with Crippen molar-refractivity contribution in [3.05, 3.63) is 68.3 Å². The molecule has 0 saturated heterocycles. The molecule has 6 nitrogen and oxygen atoms in total. The van der Waals surface area contributed by atoms with Crippen molar-refractivity contribution < 1.29 is 40.5 Å². The molecule has 0 aliphatic heterocycles. The Morgan fingerprint density at radius 2 is 1.47 bits per heavy atom. The maximum atomic E-state index is 14.3. The Kier molecular flexibility index (Phi) is 6.22. The molecule has 0 bridgehead atoms. The number of rotatable bonds is 4. The summed E-state index contributed by atoms with van der Waals surface area (Å²) in [5, 5.41) is 22.1. The molecule has 0 aliphatic carbocycles. The normalized spacial score (nSPS) is 12.2. The van der Waals surface area contributed by atoms with Gasteiger partial charge in [0, 0.05) is 28.9 Å². The van der Waals surface area contributed by atoms with Gasteiger partial charge in [-0.15, -0.1) is 0 Å². The van der Waals surface area contributed by atoms with Gasteiger partial charge in [0.2, 0.25) is 0 Å². The van der Waals surface area contributed by atoms with Crippen LogP contribution in [0.4, 0.5) is 42.1 Å². The highest BCUT2D eigenvalue weighted by atomic mass is 19.4. The van der Waals surface area contributed by atoms with Crippen molar-refractivity contribution in [2.24, 2.45) is 0 Å². The second kappa shape index (κ2) is 8.10. The average Bonchev–Trinajstić information content (AvgIpc) is 2.67. The number of carbonyl (C=O) groups excluding carboxylic acids is 1. The first-order valence-electron chi connectivity index (χ1n) is 8.48. The molecule has 2 rings (SSSR count). The molecular weight excluding hydrogens is 451 g/mol. The van der Waals surface area contributed by atoms with Gasteiger partial charge in [0.15, 0.2) is 0 Å². The molecule has 0 heterocycles. The van der Waals surface area contributed by atoms with E-state index in [1.165, 1.54) is 0 Å². The Hall–Kier alpha value is -3.69. The third kappa shape index (κ3) is 4.34. The molecule has 0 aliphatic rings. The monoisotopic (exact) mass is 463 g/mol. The Morgan fingerprint density at radius 1 is 0.969 bits per heavy atom. The summed E-state index contributed by atoms with van der Waals surface area (Å²) >= 11 is 0. The zero-order valence-electron chi connectivity index (χ0n) is 16.2. The van der Waals surface area contributed by atoms with Crippen LogP contribution >= 0.6 is 0 Å². The van der Waals surface area contributed by atoms with Gasteiger partial charge < -0.3 is 5.32 Å². The molecule has 0 saturated carbocycles. The number of aryl methyl sites for hydroxylation is 2. The minimum atomic E-state index is -6.30. The highest BCUT2D eigenvalue weighted by Gasteiger charge is 2.73. The standard InChI is InChI=1S/C19H12F7N3O3/c1-9-3-13(17(20,18(21,22)23)19(24,25)26)4-10(2)15(9)28-16(30)12-5-11(8-27)6-14(7-12)29(31)32/h3-7H,1-2H3,(H,28,30). The van der Waals surface area contributed by atoms with E-state index in [1.807, 2.05) is 0 Å². The number of alkyl halides is 7. The second-order valence-electron chi connectivity index (χ2n) is 6.73. The number of nitrogens with one attached hydrogen (secondary N) is 1. The molecule has 2 aromatic rings. The van der Waals surface area contributed by atoms with Crippen LogP contribution < -0.4 is 5.32 Å². The number of nitrogens with zero attached hydrogens (tertiary/aromatic N) is 2. The zero-order chi connectivity index (χ0) is 24.6. The molecule has 1 N–H and O–H groups in total. The molecule has 0 spiro atoms. The largest absolute Gasteiger partial charge is 0.435 e. The lowest BCUT2D eigenvalue weighted by atomic mass is 9.90. The first-order valence-corrected chi connectivity index (χ1v) is 8.48. The van der Waals surface area contributed by atoms with E-state index in [1.54, 1.807) is 6.07 Å². The van der Waals surface area contributed by atoms with Gasteiger partial charge in [-0.2, -0.15) is 31.6 Å². The quantitative estimate of drug-likeness (QED) is 0.361. The van der Waals surface area contributed by atoms with Crippen LogP contribution in [-0.4, -0.2) is 23.2 Å². The number of halogens is 7. The van der Waals surface area contributed by atoms with Crippen LogP contribution in [-0.2, 0) is 5.67 Å². The lowest BCUT2D eigenvalue weighted by Crippen LogP contribution is -2.50. The summed E-state index contributed by atoms with van der Waals surface area (Å²) in [5.41, 5.74) is -9.40. The fourth-order valence-electron chi connectivity index (χ4n) is 2.95. The number of non-ortho nitro benzene ring substituents is 1. The smallest absolute Gasteiger partial charge is 0.321 e.